The number of alkyl halides is 2. The number of anilines is 1. The van der Waals surface area contributed by atoms with Gasteiger partial charge in [-0.25, -0.2) is 8.78 Å². The van der Waals surface area contributed by atoms with Crippen LogP contribution in [0.4, 0.5) is 14.5 Å². The Morgan fingerprint density at radius 3 is 2.36 bits per heavy atom. The minimum absolute atomic E-state index is 0.0253. The van der Waals surface area contributed by atoms with Crippen LogP contribution in [0.1, 0.15) is 27.9 Å². The molecule has 2 fully saturated rings. The molecule has 1 amide bonds. The number of likely N-dealkylation sites (N-methyl/N-ethyl adjacent to an activating group) is 1. The smallest absolute Gasteiger partial charge is 0.250 e. The van der Waals surface area contributed by atoms with E-state index in [1.54, 1.807) is 19.0 Å². The summed E-state index contributed by atoms with van der Waals surface area (Å²) >= 11 is 0. The van der Waals surface area contributed by atoms with Crippen molar-refractivity contribution in [1.82, 2.24) is 10.2 Å². The number of nitrogens with zero attached hydrogens (tertiary/aromatic N) is 2. The van der Waals surface area contributed by atoms with Gasteiger partial charge in [0.1, 0.15) is 5.75 Å². The maximum atomic E-state index is 13.8. The number of ketones is 4. The van der Waals surface area contributed by atoms with E-state index in [0.717, 1.165) is 0 Å². The number of benzene rings is 1. The Morgan fingerprint density at radius 1 is 1.18 bits per heavy atom. The van der Waals surface area contributed by atoms with E-state index in [1.165, 1.54) is 25.1 Å². The molecular weight excluding hydrogens is 518 g/mol. The number of aromatic hydroxyl groups is 1. The number of nitrogens with two attached hydrogens (primary N) is 1. The third-order valence-corrected chi connectivity index (χ3v) is 8.17. The average Bonchev–Trinajstić information content (AvgIpc) is 2.80. The summed E-state index contributed by atoms with van der Waals surface area (Å²) in [6.45, 7) is -0.605. The van der Waals surface area contributed by atoms with Gasteiger partial charge in [0.15, 0.2) is 34.7 Å². The summed E-state index contributed by atoms with van der Waals surface area (Å²) < 4.78 is 25.4. The molecule has 4 rings (SSSR count). The van der Waals surface area contributed by atoms with E-state index in [-0.39, 0.29) is 24.9 Å². The van der Waals surface area contributed by atoms with Crippen molar-refractivity contribution < 1.29 is 43.0 Å². The van der Waals surface area contributed by atoms with Crippen LogP contribution in [0.15, 0.2) is 6.07 Å². The van der Waals surface area contributed by atoms with Crippen LogP contribution in [0, 0.1) is 23.7 Å². The SMILES string of the molecule is CN(C)c1c(CNCC(F)F)cc(O)c2c1C[C@H]1C[C@H]3[C@H](N(C)C)C(=O)C(C(N)=O)C(=O)[C@@]3(O)C(=O)C1C2=O. The lowest BCUT2D eigenvalue weighted by molar-refractivity contribution is -0.181. The molecule has 0 radical (unpaired) electrons. The van der Waals surface area contributed by atoms with E-state index in [1.807, 2.05) is 0 Å². The second-order valence-corrected chi connectivity index (χ2v) is 11.0. The van der Waals surface area contributed by atoms with E-state index >= 15 is 0 Å². The number of halogens is 2. The Morgan fingerprint density at radius 2 is 1.82 bits per heavy atom. The highest BCUT2D eigenvalue weighted by Gasteiger charge is 2.69. The number of hydrogen-bond acceptors (Lipinski definition) is 10. The quantitative estimate of drug-likeness (QED) is 0.318. The van der Waals surface area contributed by atoms with Gasteiger partial charge in [0.25, 0.3) is 6.43 Å². The largest absolute Gasteiger partial charge is 0.507 e. The number of primary amides is 1. The fourth-order valence-corrected chi connectivity index (χ4v) is 6.74. The highest BCUT2D eigenvalue weighted by Crippen LogP contribution is 2.52. The van der Waals surface area contributed by atoms with Crippen LogP contribution in [-0.4, -0.2) is 97.0 Å². The number of aliphatic hydroxyl groups is 1. The van der Waals surface area contributed by atoms with Gasteiger partial charge in [0.05, 0.1) is 24.1 Å². The van der Waals surface area contributed by atoms with Crippen LogP contribution in [-0.2, 0) is 32.1 Å². The van der Waals surface area contributed by atoms with Crippen LogP contribution < -0.4 is 16.0 Å². The molecule has 11 nitrogen and oxygen atoms in total. The first-order valence-electron chi connectivity index (χ1n) is 12.5. The van der Waals surface area contributed by atoms with Gasteiger partial charge < -0.3 is 26.2 Å². The summed E-state index contributed by atoms with van der Waals surface area (Å²) in [5.41, 5.74) is 3.75. The first-order chi connectivity index (χ1) is 18.1. The molecule has 0 heterocycles. The molecule has 0 aromatic heterocycles. The third-order valence-electron chi connectivity index (χ3n) is 8.17. The fourth-order valence-electron chi connectivity index (χ4n) is 6.74. The third kappa shape index (κ3) is 4.32. The van der Waals surface area contributed by atoms with Gasteiger partial charge in [-0.3, -0.25) is 28.9 Å². The maximum absolute atomic E-state index is 13.8. The molecule has 1 aromatic carbocycles. The molecular formula is C26H32F2N4O7. The first-order valence-corrected chi connectivity index (χ1v) is 12.5. The molecule has 6 atom stereocenters. The van der Waals surface area contributed by atoms with E-state index in [2.05, 4.69) is 5.32 Å². The second kappa shape index (κ2) is 10.0. The summed E-state index contributed by atoms with van der Waals surface area (Å²) in [6, 6.07) is 0.0730. The molecule has 0 bridgehead atoms. The van der Waals surface area contributed by atoms with Gasteiger partial charge in [-0.2, -0.15) is 0 Å². The summed E-state index contributed by atoms with van der Waals surface area (Å²) in [7, 11) is 6.40. The van der Waals surface area contributed by atoms with Crippen molar-refractivity contribution in [2.24, 2.45) is 29.4 Å². The lowest BCUT2D eigenvalue weighted by Crippen LogP contribution is -2.74. The summed E-state index contributed by atoms with van der Waals surface area (Å²) in [4.78, 5) is 69.3. The lowest BCUT2D eigenvalue weighted by Gasteiger charge is -2.52. The maximum Gasteiger partial charge on any atom is 0.250 e. The minimum Gasteiger partial charge on any atom is -0.507 e. The molecule has 0 saturated heterocycles. The molecule has 0 aliphatic heterocycles. The van der Waals surface area contributed by atoms with Crippen molar-refractivity contribution >= 4 is 34.7 Å². The molecule has 1 aromatic rings. The van der Waals surface area contributed by atoms with Crippen molar-refractivity contribution in [2.75, 3.05) is 39.6 Å². The van der Waals surface area contributed by atoms with Crippen LogP contribution in [0.3, 0.4) is 0 Å². The predicted octanol–water partition coefficient (Wildman–Crippen LogP) is -0.712. The number of phenols is 1. The predicted molar refractivity (Wildman–Crippen MR) is 133 cm³/mol. The van der Waals surface area contributed by atoms with E-state index in [0.29, 0.717) is 16.8 Å². The summed E-state index contributed by atoms with van der Waals surface area (Å²) in [5, 5.41) is 25.1. The van der Waals surface area contributed by atoms with Crippen LogP contribution in [0.2, 0.25) is 0 Å². The summed E-state index contributed by atoms with van der Waals surface area (Å²) in [6.07, 6.45) is -2.59. The van der Waals surface area contributed by atoms with Crippen molar-refractivity contribution in [3.8, 4) is 5.75 Å². The molecule has 2 saturated carbocycles. The van der Waals surface area contributed by atoms with Gasteiger partial charge >= 0.3 is 0 Å². The number of fused-ring (bicyclic) bond motifs is 3. The van der Waals surface area contributed by atoms with Crippen molar-refractivity contribution in [1.29, 1.82) is 0 Å². The monoisotopic (exact) mass is 550 g/mol. The second-order valence-electron chi connectivity index (χ2n) is 11.0. The fraction of sp³-hybridized carbons (Fsp3) is 0.577. The van der Waals surface area contributed by atoms with E-state index < -0.39 is 83.1 Å². The molecule has 13 heteroatoms. The molecule has 39 heavy (non-hydrogen) atoms. The Kier molecular flexibility index (Phi) is 7.38. The zero-order valence-corrected chi connectivity index (χ0v) is 22.0. The highest BCUT2D eigenvalue weighted by atomic mass is 19.3. The standard InChI is InChI=1S/C26H32F2N4O7/c1-31(2)19-11(8-30-9-15(27)28)7-14(33)17-12(19)5-10-6-13-20(32(3)4)22(35)18(25(29)38)24(37)26(13,39)23(36)16(10)21(17)34/h7,10,13,15-16,18,20,30,33,39H,5-6,8-9H2,1-4H3,(H2,29,38)/t10-,13-,16?,18?,20-,26-/m0/s1. The van der Waals surface area contributed by atoms with Gasteiger partial charge in [0.2, 0.25) is 5.91 Å². The Hall–Kier alpha value is -3.29. The molecule has 0 spiro atoms. The number of hydrogen-bond donors (Lipinski definition) is 4. The van der Waals surface area contributed by atoms with Crippen molar-refractivity contribution in [3.63, 3.8) is 0 Å². The van der Waals surface area contributed by atoms with Crippen LogP contribution in [0.25, 0.3) is 0 Å². The number of phenolic OH excluding ortho intramolecular Hbond substituents is 1. The number of nitrogens with one attached hydrogen (secondary N) is 1. The summed E-state index contributed by atoms with van der Waals surface area (Å²) in [5.74, 6) is -11.3. The number of amides is 1. The Balaban J connectivity index is 1.84. The number of Topliss-reactive ketones (excluding diaryl/α,β-unsaturated/α-hetero) is 4. The van der Waals surface area contributed by atoms with Gasteiger partial charge in [0, 0.05) is 32.2 Å². The van der Waals surface area contributed by atoms with Crippen LogP contribution in [0.5, 0.6) is 5.75 Å². The van der Waals surface area contributed by atoms with E-state index in [9.17, 15) is 43.0 Å². The van der Waals surface area contributed by atoms with E-state index in [4.69, 9.17) is 5.73 Å². The number of carbonyl (C=O) groups is 5. The highest BCUT2D eigenvalue weighted by molar-refractivity contribution is 6.32. The van der Waals surface area contributed by atoms with Gasteiger partial charge in [-0.05, 0) is 50.0 Å². The number of carbonyl (C=O) groups excluding carboxylic acids is 5. The zero-order chi connectivity index (χ0) is 29.1. The van der Waals surface area contributed by atoms with Gasteiger partial charge in [-0.15, -0.1) is 0 Å². The van der Waals surface area contributed by atoms with Gasteiger partial charge in [-0.1, -0.05) is 0 Å². The zero-order valence-electron chi connectivity index (χ0n) is 22.0. The topological polar surface area (TPSA) is 170 Å². The Bertz CT molecular complexity index is 1270. The normalized spacial score (nSPS) is 30.3. The average molecular weight is 551 g/mol. The minimum atomic E-state index is -2.80. The lowest BCUT2D eigenvalue weighted by atomic mass is 9.52. The Labute approximate surface area is 223 Å². The van der Waals surface area contributed by atoms with Crippen molar-refractivity contribution in [2.45, 2.75) is 37.5 Å². The molecule has 2 unspecified atom stereocenters. The van der Waals surface area contributed by atoms with Crippen LogP contribution >= 0.6 is 0 Å². The molecule has 3 aliphatic carbocycles. The molecule has 5 N–H and O–H groups in total. The molecule has 212 valence electrons. The first kappa shape index (κ1) is 28.7. The molecule has 3 aliphatic rings. The number of rotatable bonds is 7. The van der Waals surface area contributed by atoms with Crippen molar-refractivity contribution in [3.05, 3.63) is 22.8 Å².